The molecule has 6 rings (SSSR count). The van der Waals surface area contributed by atoms with Gasteiger partial charge < -0.3 is 23.9 Å². The monoisotopic (exact) mass is 573 g/mol. The van der Waals surface area contributed by atoms with E-state index in [1.165, 1.54) is 17.1 Å². The summed E-state index contributed by atoms with van der Waals surface area (Å²) < 4.78 is 36.4. The van der Waals surface area contributed by atoms with Gasteiger partial charge in [0.1, 0.15) is 5.76 Å². The Labute approximate surface area is 237 Å². The van der Waals surface area contributed by atoms with Crippen molar-refractivity contribution in [3.05, 3.63) is 47.5 Å². The number of aliphatic hydroxyl groups excluding tert-OH is 1. The van der Waals surface area contributed by atoms with E-state index in [-0.39, 0.29) is 18.1 Å². The summed E-state index contributed by atoms with van der Waals surface area (Å²) in [5.41, 5.74) is -5.21. The van der Waals surface area contributed by atoms with Gasteiger partial charge in [-0.2, -0.15) is 0 Å². The third-order valence-electron chi connectivity index (χ3n) is 10.6. The lowest BCUT2D eigenvalue weighted by atomic mass is 9.43. The van der Waals surface area contributed by atoms with Gasteiger partial charge in [-0.15, -0.1) is 0 Å². The van der Waals surface area contributed by atoms with E-state index in [0.29, 0.717) is 41.7 Å². The van der Waals surface area contributed by atoms with Crippen molar-refractivity contribution in [2.75, 3.05) is 14.1 Å². The number of rotatable bonds is 2. The highest BCUT2D eigenvalue weighted by Crippen LogP contribution is 2.73. The SMILES string of the molecule is Cc1ccc(C2O[C@@H]3C[C@H]4[C@@H]5C[C@H](C)C6=CC(=O)C=C[C@]6(C)[C@@]5(F)[C@@H](O)C[C@]4(C)[C@]3(C(=O)SC(=O)N(C)C)O2)o1. The molecule has 216 valence electrons. The number of carbonyl (C=O) groups excluding carboxylic acids is 3. The van der Waals surface area contributed by atoms with Crippen LogP contribution in [0.1, 0.15) is 57.8 Å². The van der Waals surface area contributed by atoms with E-state index in [4.69, 9.17) is 13.9 Å². The number of thioether (sulfide) groups is 1. The number of fused-ring (bicyclic) bond motifs is 7. The molecule has 0 aromatic carbocycles. The van der Waals surface area contributed by atoms with Crippen molar-refractivity contribution in [3.8, 4) is 0 Å². The predicted octanol–water partition coefficient (Wildman–Crippen LogP) is 4.91. The maximum atomic E-state index is 17.7. The first-order chi connectivity index (χ1) is 18.7. The van der Waals surface area contributed by atoms with Gasteiger partial charge in [-0.05, 0) is 69.2 Å². The van der Waals surface area contributed by atoms with Gasteiger partial charge in [-0.3, -0.25) is 14.4 Å². The van der Waals surface area contributed by atoms with Gasteiger partial charge in [0, 0.05) is 42.6 Å². The first-order valence-electron chi connectivity index (χ1n) is 13.8. The maximum absolute atomic E-state index is 17.7. The number of carbonyl (C=O) groups is 3. The molecule has 3 saturated carbocycles. The Balaban J connectivity index is 1.45. The average Bonchev–Trinajstić information content (AvgIpc) is 3.55. The number of allylic oxidation sites excluding steroid dienone is 4. The summed E-state index contributed by atoms with van der Waals surface area (Å²) >= 11 is 0.556. The third-order valence-corrected chi connectivity index (χ3v) is 11.6. The number of ether oxygens (including phenoxy) is 2. The van der Waals surface area contributed by atoms with Crippen LogP contribution < -0.4 is 0 Å². The lowest BCUT2D eigenvalue weighted by Gasteiger charge is -2.63. The molecule has 2 heterocycles. The van der Waals surface area contributed by atoms with Crippen LogP contribution in [0.5, 0.6) is 0 Å². The van der Waals surface area contributed by atoms with Crippen molar-refractivity contribution in [1.82, 2.24) is 4.90 Å². The maximum Gasteiger partial charge on any atom is 0.288 e. The fraction of sp³-hybridized carbons (Fsp3) is 0.633. The fourth-order valence-electron chi connectivity index (χ4n) is 8.65. The highest BCUT2D eigenvalue weighted by atomic mass is 32.2. The number of amides is 1. The lowest BCUT2D eigenvalue weighted by Crippen LogP contribution is -2.70. The number of ketones is 1. The highest BCUT2D eigenvalue weighted by molar-refractivity contribution is 8.26. The molecule has 1 aliphatic heterocycles. The van der Waals surface area contributed by atoms with Gasteiger partial charge in [0.05, 0.1) is 12.2 Å². The summed E-state index contributed by atoms with van der Waals surface area (Å²) in [6.45, 7) is 7.42. The Morgan fingerprint density at radius 3 is 2.55 bits per heavy atom. The van der Waals surface area contributed by atoms with E-state index in [1.54, 1.807) is 46.2 Å². The zero-order valence-corrected chi connectivity index (χ0v) is 24.4. The minimum absolute atomic E-state index is 0.0735. The van der Waals surface area contributed by atoms with Crippen LogP contribution in [0.3, 0.4) is 0 Å². The first kappa shape index (κ1) is 27.9. The molecular formula is C30H36FNO7S. The van der Waals surface area contributed by atoms with Gasteiger partial charge in [0.15, 0.2) is 22.8 Å². The minimum Gasteiger partial charge on any atom is -0.461 e. The predicted molar refractivity (Wildman–Crippen MR) is 145 cm³/mol. The zero-order chi connectivity index (χ0) is 29.0. The summed E-state index contributed by atoms with van der Waals surface area (Å²) in [6.07, 6.45) is 1.97. The van der Waals surface area contributed by atoms with Crippen molar-refractivity contribution in [3.63, 3.8) is 0 Å². The largest absolute Gasteiger partial charge is 0.461 e. The topological polar surface area (TPSA) is 106 Å². The number of hydrogen-bond donors (Lipinski definition) is 1. The van der Waals surface area contributed by atoms with E-state index in [0.717, 1.165) is 0 Å². The van der Waals surface area contributed by atoms with Crippen molar-refractivity contribution in [1.29, 1.82) is 0 Å². The Hall–Kier alpha value is -2.27. The molecule has 5 aliphatic rings. The molecule has 0 radical (unpaired) electrons. The molecule has 8 nitrogen and oxygen atoms in total. The second-order valence-corrected chi connectivity index (χ2v) is 13.8. The second-order valence-electron chi connectivity index (χ2n) is 12.8. The van der Waals surface area contributed by atoms with Gasteiger partial charge in [0.2, 0.25) is 11.4 Å². The number of alkyl halides is 1. The van der Waals surface area contributed by atoms with Crippen LogP contribution in [0.2, 0.25) is 0 Å². The molecule has 40 heavy (non-hydrogen) atoms. The molecular weight excluding hydrogens is 537 g/mol. The third kappa shape index (κ3) is 3.39. The summed E-state index contributed by atoms with van der Waals surface area (Å²) in [6, 6.07) is 3.51. The van der Waals surface area contributed by atoms with Crippen LogP contribution in [-0.4, -0.2) is 63.7 Å². The number of halogens is 1. The molecule has 1 N–H and O–H groups in total. The van der Waals surface area contributed by atoms with Crippen LogP contribution in [-0.2, 0) is 19.1 Å². The number of furan rings is 1. The van der Waals surface area contributed by atoms with E-state index in [2.05, 4.69) is 0 Å². The minimum atomic E-state index is -2.07. The molecule has 1 aromatic rings. The van der Waals surface area contributed by atoms with Gasteiger partial charge >= 0.3 is 0 Å². The molecule has 1 amide bonds. The van der Waals surface area contributed by atoms with E-state index < -0.39 is 62.8 Å². The van der Waals surface area contributed by atoms with Crippen LogP contribution >= 0.6 is 11.8 Å². The van der Waals surface area contributed by atoms with Crippen LogP contribution in [0, 0.1) is 35.5 Å². The normalized spacial score (nSPS) is 45.3. The molecule has 1 unspecified atom stereocenters. The Bertz CT molecular complexity index is 1350. The number of aliphatic hydroxyl groups is 1. The van der Waals surface area contributed by atoms with Crippen molar-refractivity contribution < 1.29 is 37.8 Å². The van der Waals surface area contributed by atoms with Gasteiger partial charge in [-0.25, -0.2) is 4.39 Å². The zero-order valence-electron chi connectivity index (χ0n) is 23.6. The van der Waals surface area contributed by atoms with E-state index >= 15 is 4.39 Å². The van der Waals surface area contributed by atoms with E-state index in [9.17, 15) is 19.5 Å². The molecule has 0 spiro atoms. The number of hydrogen-bond acceptors (Lipinski definition) is 8. The van der Waals surface area contributed by atoms with Crippen LogP contribution in [0.4, 0.5) is 9.18 Å². The smallest absolute Gasteiger partial charge is 0.288 e. The van der Waals surface area contributed by atoms with Crippen molar-refractivity contribution in [2.45, 2.75) is 76.7 Å². The Kier molecular flexibility index (Phi) is 6.18. The standard InChI is InChI=1S/C30H36FNO7S/c1-15-11-20-19-13-23-30(25(35)40-26(36)32(5)6,39-24(38-23)21-8-7-16(2)37-21)28(19,4)14-22(34)29(20,31)27(3)10-9-17(33)12-18(15)27/h7-10,12,15,19-20,22-24,34H,11,13-14H2,1-6H3/t15-,19-,20-,22-,23+,24?,27-,28-,29-,30-/m0/s1. The molecule has 1 saturated heterocycles. The summed E-state index contributed by atoms with van der Waals surface area (Å²) in [5, 5.41) is 10.8. The number of nitrogens with zero attached hydrogens (tertiary/aromatic N) is 1. The second kappa shape index (κ2) is 8.86. The first-order valence-corrected chi connectivity index (χ1v) is 14.7. The molecule has 10 atom stereocenters. The average molecular weight is 574 g/mol. The lowest BCUT2D eigenvalue weighted by molar-refractivity contribution is -0.233. The van der Waals surface area contributed by atoms with Gasteiger partial charge in [-0.1, -0.05) is 25.5 Å². The highest BCUT2D eigenvalue weighted by Gasteiger charge is 2.80. The van der Waals surface area contributed by atoms with Crippen molar-refractivity contribution >= 4 is 27.9 Å². The van der Waals surface area contributed by atoms with E-state index in [1.807, 2.05) is 13.8 Å². The summed E-state index contributed by atoms with van der Waals surface area (Å²) in [7, 11) is 3.13. The summed E-state index contributed by atoms with van der Waals surface area (Å²) in [5.74, 6) is -0.262. The van der Waals surface area contributed by atoms with Crippen LogP contribution in [0.15, 0.2) is 40.4 Å². The van der Waals surface area contributed by atoms with Crippen molar-refractivity contribution in [2.24, 2.45) is 28.6 Å². The van der Waals surface area contributed by atoms with Gasteiger partial charge in [0.25, 0.3) is 5.24 Å². The molecule has 1 aromatic heterocycles. The molecule has 0 bridgehead atoms. The Morgan fingerprint density at radius 1 is 1.18 bits per heavy atom. The number of aryl methyl sites for hydroxylation is 1. The quantitative estimate of drug-likeness (QED) is 0.532. The molecule has 4 fully saturated rings. The van der Waals surface area contributed by atoms with Crippen LogP contribution in [0.25, 0.3) is 0 Å². The molecule has 10 heteroatoms. The molecule has 4 aliphatic carbocycles. The Morgan fingerprint density at radius 2 is 1.90 bits per heavy atom. The fourth-order valence-corrected chi connectivity index (χ4v) is 9.55. The summed E-state index contributed by atoms with van der Waals surface area (Å²) in [4.78, 5) is 40.5.